The fourth-order valence-electron chi connectivity index (χ4n) is 3.84. The second-order valence-corrected chi connectivity index (χ2v) is 6.86. The summed E-state index contributed by atoms with van der Waals surface area (Å²) in [5, 5.41) is 9.10. The van der Waals surface area contributed by atoms with E-state index in [9.17, 15) is 0 Å². The molecule has 1 aliphatic rings. The summed E-state index contributed by atoms with van der Waals surface area (Å²) in [6.07, 6.45) is 6.81. The van der Waals surface area contributed by atoms with E-state index in [0.717, 1.165) is 47.6 Å². The molecule has 24 heavy (non-hydrogen) atoms. The smallest absolute Gasteiger partial charge is 0.164 e. The van der Waals surface area contributed by atoms with Crippen LogP contribution in [-0.4, -0.2) is 34.5 Å². The van der Waals surface area contributed by atoms with Crippen LogP contribution in [0.1, 0.15) is 56.0 Å². The van der Waals surface area contributed by atoms with Gasteiger partial charge in [0, 0.05) is 6.04 Å². The van der Waals surface area contributed by atoms with Gasteiger partial charge in [0.05, 0.1) is 30.0 Å². The molecule has 3 heterocycles. The van der Waals surface area contributed by atoms with Gasteiger partial charge in [0.2, 0.25) is 0 Å². The molecular formula is C17H23N7. The number of hydrogen-bond donors (Lipinski definition) is 0. The number of rotatable bonds is 3. The van der Waals surface area contributed by atoms with Crippen molar-refractivity contribution in [3.8, 4) is 0 Å². The normalized spacial score (nSPS) is 24.1. The quantitative estimate of drug-likeness (QED) is 0.740. The Morgan fingerprint density at radius 1 is 1.21 bits per heavy atom. The van der Waals surface area contributed by atoms with E-state index < -0.39 is 0 Å². The zero-order valence-electron chi connectivity index (χ0n) is 14.6. The molecule has 3 atom stereocenters. The molecule has 7 nitrogen and oxygen atoms in total. The zero-order valence-corrected chi connectivity index (χ0v) is 14.6. The van der Waals surface area contributed by atoms with Gasteiger partial charge in [0.1, 0.15) is 11.3 Å². The van der Waals surface area contributed by atoms with Gasteiger partial charge in [-0.1, -0.05) is 13.8 Å². The summed E-state index contributed by atoms with van der Waals surface area (Å²) in [5.41, 5.74) is 3.85. The molecule has 3 aromatic heterocycles. The minimum atomic E-state index is 0.330. The molecule has 4 rings (SSSR count). The Hall–Kier alpha value is -2.31. The molecule has 2 unspecified atom stereocenters. The molecule has 1 aliphatic carbocycles. The minimum Gasteiger partial charge on any atom is -0.312 e. The number of nitrogens with zero attached hydrogens (tertiary/aromatic N) is 7. The van der Waals surface area contributed by atoms with Crippen LogP contribution < -0.4 is 0 Å². The van der Waals surface area contributed by atoms with Gasteiger partial charge in [0.25, 0.3) is 0 Å². The van der Waals surface area contributed by atoms with Gasteiger partial charge in [-0.3, -0.25) is 0 Å². The van der Waals surface area contributed by atoms with Crippen molar-refractivity contribution in [2.45, 2.75) is 59.0 Å². The van der Waals surface area contributed by atoms with Gasteiger partial charge in [-0.15, -0.1) is 0 Å². The first kappa shape index (κ1) is 15.2. The van der Waals surface area contributed by atoms with E-state index in [2.05, 4.69) is 43.6 Å². The second kappa shape index (κ2) is 5.65. The standard InChI is InChI=1S/C17H23N7/c1-5-13-8-19-24(22-13)15-7-14(6-10(15)2)23-9-18-16-11(3)20-12(4)21-17(16)23/h8-10,14-15H,5-7H2,1-4H3/t10-,14?,15?/m0/s1. The molecule has 0 amide bonds. The molecule has 0 bridgehead atoms. The summed E-state index contributed by atoms with van der Waals surface area (Å²) < 4.78 is 2.22. The third-order valence-electron chi connectivity index (χ3n) is 5.13. The van der Waals surface area contributed by atoms with Crippen molar-refractivity contribution in [2.24, 2.45) is 5.92 Å². The first-order chi connectivity index (χ1) is 11.6. The van der Waals surface area contributed by atoms with Crippen LogP contribution in [0.2, 0.25) is 0 Å². The van der Waals surface area contributed by atoms with Crippen molar-refractivity contribution in [2.75, 3.05) is 0 Å². The average Bonchev–Trinajstić information content (AvgIpc) is 3.24. The Bertz CT molecular complexity index is 878. The molecule has 1 fully saturated rings. The number of fused-ring (bicyclic) bond motifs is 1. The van der Waals surface area contributed by atoms with Crippen LogP contribution in [0, 0.1) is 19.8 Å². The van der Waals surface area contributed by atoms with Crippen molar-refractivity contribution >= 4 is 11.2 Å². The summed E-state index contributed by atoms with van der Waals surface area (Å²) in [6.45, 7) is 8.32. The first-order valence-corrected chi connectivity index (χ1v) is 8.65. The van der Waals surface area contributed by atoms with Gasteiger partial charge in [0.15, 0.2) is 5.65 Å². The molecule has 7 heteroatoms. The average molecular weight is 325 g/mol. The summed E-state index contributed by atoms with van der Waals surface area (Å²) in [5.74, 6) is 1.32. The van der Waals surface area contributed by atoms with E-state index in [1.807, 2.05) is 31.2 Å². The van der Waals surface area contributed by atoms with Gasteiger partial charge in [-0.05, 0) is 39.0 Å². The summed E-state index contributed by atoms with van der Waals surface area (Å²) in [4.78, 5) is 15.5. The van der Waals surface area contributed by atoms with Crippen molar-refractivity contribution in [3.05, 3.63) is 29.7 Å². The number of aryl methyl sites for hydroxylation is 3. The molecule has 3 aromatic rings. The molecule has 0 saturated heterocycles. The highest BCUT2D eigenvalue weighted by Crippen LogP contribution is 2.42. The third kappa shape index (κ3) is 2.39. The van der Waals surface area contributed by atoms with Crippen molar-refractivity contribution in [1.82, 2.24) is 34.5 Å². The Labute approximate surface area is 141 Å². The lowest BCUT2D eigenvalue weighted by Crippen LogP contribution is -2.15. The van der Waals surface area contributed by atoms with Crippen LogP contribution in [0.5, 0.6) is 0 Å². The fraction of sp³-hybridized carbons (Fsp3) is 0.588. The van der Waals surface area contributed by atoms with Crippen LogP contribution >= 0.6 is 0 Å². The van der Waals surface area contributed by atoms with Crippen LogP contribution in [0.4, 0.5) is 0 Å². The minimum absolute atomic E-state index is 0.330. The third-order valence-corrected chi connectivity index (χ3v) is 5.13. The molecule has 0 aliphatic heterocycles. The monoisotopic (exact) mass is 325 g/mol. The topological polar surface area (TPSA) is 74.3 Å². The maximum atomic E-state index is 4.63. The largest absolute Gasteiger partial charge is 0.312 e. The molecule has 1 saturated carbocycles. The molecule has 0 spiro atoms. The fourth-order valence-corrected chi connectivity index (χ4v) is 3.84. The van der Waals surface area contributed by atoms with Gasteiger partial charge < -0.3 is 4.57 Å². The zero-order chi connectivity index (χ0) is 16.8. The van der Waals surface area contributed by atoms with Crippen LogP contribution in [0.3, 0.4) is 0 Å². The lowest BCUT2D eigenvalue weighted by atomic mass is 10.1. The highest BCUT2D eigenvalue weighted by atomic mass is 15.5. The van der Waals surface area contributed by atoms with E-state index in [1.54, 1.807) is 0 Å². The maximum Gasteiger partial charge on any atom is 0.164 e. The Morgan fingerprint density at radius 3 is 2.79 bits per heavy atom. The first-order valence-electron chi connectivity index (χ1n) is 8.65. The molecular weight excluding hydrogens is 302 g/mol. The van der Waals surface area contributed by atoms with E-state index in [4.69, 9.17) is 0 Å². The van der Waals surface area contributed by atoms with Crippen LogP contribution in [0.25, 0.3) is 11.2 Å². The van der Waals surface area contributed by atoms with E-state index >= 15 is 0 Å². The predicted octanol–water partition coefficient (Wildman–Crippen LogP) is 2.81. The lowest BCUT2D eigenvalue weighted by molar-refractivity contribution is 0.334. The van der Waals surface area contributed by atoms with E-state index in [0.29, 0.717) is 18.0 Å². The molecule has 126 valence electrons. The summed E-state index contributed by atoms with van der Waals surface area (Å²) >= 11 is 0. The highest BCUT2D eigenvalue weighted by Gasteiger charge is 2.35. The van der Waals surface area contributed by atoms with Crippen molar-refractivity contribution in [3.63, 3.8) is 0 Å². The number of aromatic nitrogens is 7. The van der Waals surface area contributed by atoms with Gasteiger partial charge >= 0.3 is 0 Å². The van der Waals surface area contributed by atoms with Gasteiger partial charge in [-0.25, -0.2) is 15.0 Å². The lowest BCUT2D eigenvalue weighted by Gasteiger charge is -2.14. The Balaban J connectivity index is 1.66. The van der Waals surface area contributed by atoms with E-state index in [-0.39, 0.29) is 0 Å². The Morgan fingerprint density at radius 2 is 2.04 bits per heavy atom. The van der Waals surface area contributed by atoms with Crippen LogP contribution in [-0.2, 0) is 6.42 Å². The van der Waals surface area contributed by atoms with E-state index in [1.165, 1.54) is 0 Å². The van der Waals surface area contributed by atoms with Crippen LogP contribution in [0.15, 0.2) is 12.5 Å². The number of imidazole rings is 1. The molecule has 0 radical (unpaired) electrons. The molecule has 0 N–H and O–H groups in total. The SMILES string of the molecule is CCc1cnn(C2CC(n3cnc4c(C)nc(C)nc43)C[C@@H]2C)n1. The van der Waals surface area contributed by atoms with Gasteiger partial charge in [-0.2, -0.15) is 15.0 Å². The predicted molar refractivity (Wildman–Crippen MR) is 90.7 cm³/mol. The number of hydrogen-bond acceptors (Lipinski definition) is 5. The summed E-state index contributed by atoms with van der Waals surface area (Å²) in [6, 6.07) is 0.705. The summed E-state index contributed by atoms with van der Waals surface area (Å²) in [7, 11) is 0. The highest BCUT2D eigenvalue weighted by molar-refractivity contribution is 5.73. The Kier molecular flexibility index (Phi) is 3.58. The van der Waals surface area contributed by atoms with Crippen molar-refractivity contribution in [1.29, 1.82) is 0 Å². The van der Waals surface area contributed by atoms with Crippen molar-refractivity contribution < 1.29 is 0 Å². The molecule has 0 aromatic carbocycles. The maximum absolute atomic E-state index is 4.63. The second-order valence-electron chi connectivity index (χ2n) is 6.86.